The van der Waals surface area contributed by atoms with E-state index in [1.807, 2.05) is 25.1 Å². The van der Waals surface area contributed by atoms with Crippen molar-refractivity contribution < 1.29 is 4.74 Å². The molecule has 4 nitrogen and oxygen atoms in total. The van der Waals surface area contributed by atoms with Crippen molar-refractivity contribution >= 4 is 11.6 Å². The van der Waals surface area contributed by atoms with Crippen molar-refractivity contribution in [2.24, 2.45) is 0 Å². The van der Waals surface area contributed by atoms with Gasteiger partial charge < -0.3 is 10.1 Å². The summed E-state index contributed by atoms with van der Waals surface area (Å²) in [6.07, 6.45) is 0. The smallest absolute Gasteiger partial charge is 0.238 e. The van der Waals surface area contributed by atoms with E-state index in [0.717, 1.165) is 12.2 Å². The molecule has 0 saturated carbocycles. The number of nitrogens with one attached hydrogen (secondary N) is 1. The SMILES string of the molecule is CCNCc1ccc(Oc2ccccc2Cl)nn1. The van der Waals surface area contributed by atoms with Gasteiger partial charge in [0.1, 0.15) is 5.75 Å². The summed E-state index contributed by atoms with van der Waals surface area (Å²) in [4.78, 5) is 0. The third kappa shape index (κ3) is 3.42. The molecule has 1 N–H and O–H groups in total. The Bertz CT molecular complexity index is 502. The van der Waals surface area contributed by atoms with Gasteiger partial charge in [-0.2, -0.15) is 5.10 Å². The van der Waals surface area contributed by atoms with Gasteiger partial charge in [0.25, 0.3) is 0 Å². The van der Waals surface area contributed by atoms with Crippen molar-refractivity contribution in [3.63, 3.8) is 0 Å². The Morgan fingerprint density at radius 2 is 2.00 bits per heavy atom. The molecule has 0 saturated heterocycles. The van der Waals surface area contributed by atoms with E-state index in [2.05, 4.69) is 15.5 Å². The summed E-state index contributed by atoms with van der Waals surface area (Å²) < 4.78 is 5.54. The van der Waals surface area contributed by atoms with E-state index in [1.54, 1.807) is 18.2 Å². The standard InChI is InChI=1S/C13H14ClN3O/c1-2-15-9-10-7-8-13(17-16-10)18-12-6-4-3-5-11(12)14/h3-8,15H,2,9H2,1H3. The fraction of sp³-hybridized carbons (Fsp3) is 0.231. The van der Waals surface area contributed by atoms with Gasteiger partial charge in [-0.3, -0.25) is 0 Å². The Labute approximate surface area is 111 Å². The Morgan fingerprint density at radius 1 is 1.17 bits per heavy atom. The molecule has 0 aliphatic rings. The van der Waals surface area contributed by atoms with Gasteiger partial charge in [0, 0.05) is 12.6 Å². The summed E-state index contributed by atoms with van der Waals surface area (Å²) in [5.74, 6) is 1.01. The van der Waals surface area contributed by atoms with Crippen LogP contribution in [0, 0.1) is 0 Å². The number of para-hydroxylation sites is 1. The third-order valence-electron chi connectivity index (χ3n) is 2.30. The van der Waals surface area contributed by atoms with Gasteiger partial charge >= 0.3 is 0 Å². The largest absolute Gasteiger partial charge is 0.436 e. The van der Waals surface area contributed by atoms with Crippen molar-refractivity contribution in [3.8, 4) is 11.6 Å². The second kappa shape index (κ2) is 6.33. The fourth-order valence-electron chi connectivity index (χ4n) is 1.39. The van der Waals surface area contributed by atoms with Crippen molar-refractivity contribution in [2.75, 3.05) is 6.54 Å². The minimum atomic E-state index is 0.434. The molecule has 0 fully saturated rings. The molecule has 1 heterocycles. The molecule has 0 bridgehead atoms. The predicted molar refractivity (Wildman–Crippen MR) is 70.9 cm³/mol. The second-order valence-corrected chi connectivity index (χ2v) is 4.08. The monoisotopic (exact) mass is 263 g/mol. The molecule has 0 atom stereocenters. The molecular weight excluding hydrogens is 250 g/mol. The number of rotatable bonds is 5. The summed E-state index contributed by atoms with van der Waals surface area (Å²) >= 11 is 5.99. The summed E-state index contributed by atoms with van der Waals surface area (Å²) in [6, 6.07) is 10.9. The van der Waals surface area contributed by atoms with Gasteiger partial charge in [-0.05, 0) is 24.7 Å². The molecule has 0 amide bonds. The first-order valence-electron chi connectivity index (χ1n) is 5.75. The van der Waals surface area contributed by atoms with Gasteiger partial charge in [0.05, 0.1) is 10.7 Å². The highest BCUT2D eigenvalue weighted by Crippen LogP contribution is 2.27. The van der Waals surface area contributed by atoms with Crippen LogP contribution in [0.4, 0.5) is 0 Å². The Hall–Kier alpha value is -1.65. The molecule has 0 aliphatic carbocycles. The van der Waals surface area contributed by atoms with E-state index in [9.17, 15) is 0 Å². The van der Waals surface area contributed by atoms with Crippen LogP contribution in [0.15, 0.2) is 36.4 Å². The van der Waals surface area contributed by atoms with Gasteiger partial charge in [-0.15, -0.1) is 5.10 Å². The minimum Gasteiger partial charge on any atom is -0.436 e. The normalized spacial score (nSPS) is 10.3. The van der Waals surface area contributed by atoms with E-state index in [0.29, 0.717) is 23.2 Å². The maximum atomic E-state index is 5.99. The maximum Gasteiger partial charge on any atom is 0.238 e. The number of aromatic nitrogens is 2. The van der Waals surface area contributed by atoms with Crippen LogP contribution in [0.5, 0.6) is 11.6 Å². The number of halogens is 1. The van der Waals surface area contributed by atoms with Gasteiger partial charge in [0.15, 0.2) is 0 Å². The molecule has 0 unspecified atom stereocenters. The lowest BCUT2D eigenvalue weighted by atomic mass is 10.3. The number of hydrogen-bond acceptors (Lipinski definition) is 4. The van der Waals surface area contributed by atoms with Crippen LogP contribution in [0.2, 0.25) is 5.02 Å². The van der Waals surface area contributed by atoms with Crippen LogP contribution < -0.4 is 10.1 Å². The first-order chi connectivity index (χ1) is 8.79. The number of ether oxygens (including phenoxy) is 1. The van der Waals surface area contributed by atoms with E-state index < -0.39 is 0 Å². The molecule has 94 valence electrons. The first kappa shape index (κ1) is 12.8. The zero-order valence-corrected chi connectivity index (χ0v) is 10.8. The second-order valence-electron chi connectivity index (χ2n) is 3.68. The topological polar surface area (TPSA) is 47.0 Å². The van der Waals surface area contributed by atoms with E-state index in [-0.39, 0.29) is 0 Å². The predicted octanol–water partition coefficient (Wildman–Crippen LogP) is 3.03. The molecule has 0 spiro atoms. The zero-order chi connectivity index (χ0) is 12.8. The quantitative estimate of drug-likeness (QED) is 0.901. The number of nitrogens with zero attached hydrogens (tertiary/aromatic N) is 2. The lowest BCUT2D eigenvalue weighted by molar-refractivity contribution is 0.453. The highest BCUT2D eigenvalue weighted by molar-refractivity contribution is 6.32. The lowest BCUT2D eigenvalue weighted by Gasteiger charge is -2.06. The summed E-state index contributed by atoms with van der Waals surface area (Å²) in [5, 5.41) is 11.8. The molecule has 0 radical (unpaired) electrons. The van der Waals surface area contributed by atoms with E-state index >= 15 is 0 Å². The van der Waals surface area contributed by atoms with Crippen LogP contribution in [0.3, 0.4) is 0 Å². The number of benzene rings is 1. The van der Waals surface area contributed by atoms with Crippen LogP contribution in [-0.2, 0) is 6.54 Å². The van der Waals surface area contributed by atoms with Crippen LogP contribution >= 0.6 is 11.6 Å². The van der Waals surface area contributed by atoms with E-state index in [4.69, 9.17) is 16.3 Å². The molecule has 5 heteroatoms. The third-order valence-corrected chi connectivity index (χ3v) is 2.61. The van der Waals surface area contributed by atoms with Gasteiger partial charge in [-0.25, -0.2) is 0 Å². The van der Waals surface area contributed by atoms with Crippen molar-refractivity contribution in [1.82, 2.24) is 15.5 Å². The van der Waals surface area contributed by atoms with Gasteiger partial charge in [-0.1, -0.05) is 30.7 Å². The average molecular weight is 264 g/mol. The Kier molecular flexibility index (Phi) is 4.50. The van der Waals surface area contributed by atoms with Crippen molar-refractivity contribution in [3.05, 3.63) is 47.1 Å². The average Bonchev–Trinajstić information content (AvgIpc) is 2.41. The fourth-order valence-corrected chi connectivity index (χ4v) is 1.56. The summed E-state index contributed by atoms with van der Waals surface area (Å²) in [6.45, 7) is 3.65. The Morgan fingerprint density at radius 3 is 2.67 bits per heavy atom. The molecule has 0 aliphatic heterocycles. The zero-order valence-electron chi connectivity index (χ0n) is 10.1. The molecule has 1 aromatic heterocycles. The molecule has 1 aromatic carbocycles. The Balaban J connectivity index is 2.04. The lowest BCUT2D eigenvalue weighted by Crippen LogP contribution is -2.13. The first-order valence-corrected chi connectivity index (χ1v) is 6.13. The molecule has 2 rings (SSSR count). The minimum absolute atomic E-state index is 0.434. The van der Waals surface area contributed by atoms with Gasteiger partial charge in [0.2, 0.25) is 5.88 Å². The van der Waals surface area contributed by atoms with Crippen LogP contribution in [-0.4, -0.2) is 16.7 Å². The maximum absolute atomic E-state index is 5.99. The van der Waals surface area contributed by atoms with Crippen LogP contribution in [0.25, 0.3) is 0 Å². The van der Waals surface area contributed by atoms with E-state index in [1.165, 1.54) is 0 Å². The van der Waals surface area contributed by atoms with Crippen molar-refractivity contribution in [2.45, 2.75) is 13.5 Å². The summed E-state index contributed by atoms with van der Waals surface area (Å²) in [5.41, 5.74) is 0.878. The molecule has 18 heavy (non-hydrogen) atoms. The molecule has 2 aromatic rings. The summed E-state index contributed by atoms with van der Waals surface area (Å²) in [7, 11) is 0. The van der Waals surface area contributed by atoms with Crippen molar-refractivity contribution in [1.29, 1.82) is 0 Å². The highest BCUT2D eigenvalue weighted by Gasteiger charge is 2.03. The van der Waals surface area contributed by atoms with Crippen LogP contribution in [0.1, 0.15) is 12.6 Å². The number of hydrogen-bond donors (Lipinski definition) is 1. The molecular formula is C13H14ClN3O. The highest BCUT2D eigenvalue weighted by atomic mass is 35.5.